The molecule has 1 heterocycles. The van der Waals surface area contributed by atoms with Crippen LogP contribution in [0.5, 0.6) is 5.75 Å². The number of rotatable bonds is 2. The Kier molecular flexibility index (Phi) is 2.31. The van der Waals surface area contributed by atoms with Gasteiger partial charge >= 0.3 is 0 Å². The lowest BCUT2D eigenvalue weighted by atomic mass is 10.1. The molecule has 2 aromatic rings. The van der Waals surface area contributed by atoms with Gasteiger partial charge in [0.05, 0.1) is 6.61 Å². The molecule has 0 N–H and O–H groups in total. The van der Waals surface area contributed by atoms with E-state index in [0.717, 1.165) is 10.8 Å². The van der Waals surface area contributed by atoms with E-state index >= 15 is 0 Å². The lowest BCUT2D eigenvalue weighted by molar-refractivity contribution is 0.322. The van der Waals surface area contributed by atoms with Crippen LogP contribution in [-0.4, -0.2) is 11.6 Å². The molecular weight excluding hydrogens is 181 g/mol. The van der Waals surface area contributed by atoms with Crippen LogP contribution in [0.4, 0.5) is 4.39 Å². The van der Waals surface area contributed by atoms with Crippen molar-refractivity contribution >= 4 is 10.8 Å². The molecule has 0 fully saturated rings. The summed E-state index contributed by atoms with van der Waals surface area (Å²) in [6, 6.07) is 4.96. The molecule has 2 rings (SSSR count). The molecule has 0 spiro atoms. The van der Waals surface area contributed by atoms with Crippen LogP contribution in [-0.2, 0) is 0 Å². The summed E-state index contributed by atoms with van der Waals surface area (Å²) in [4.78, 5) is 3.92. The fourth-order valence-electron chi connectivity index (χ4n) is 1.35. The van der Waals surface area contributed by atoms with Crippen molar-refractivity contribution < 1.29 is 9.13 Å². The van der Waals surface area contributed by atoms with Crippen molar-refractivity contribution in [1.29, 1.82) is 0 Å². The first-order chi connectivity index (χ1) is 6.81. The molecular formula is C11H10FNO. The van der Waals surface area contributed by atoms with Crippen LogP contribution in [0.2, 0.25) is 0 Å². The zero-order valence-corrected chi connectivity index (χ0v) is 7.83. The van der Waals surface area contributed by atoms with Gasteiger partial charge in [-0.3, -0.25) is 4.98 Å². The van der Waals surface area contributed by atoms with E-state index < -0.39 is 0 Å². The molecule has 0 unspecified atom stereocenters. The van der Waals surface area contributed by atoms with Crippen LogP contribution in [0.1, 0.15) is 6.92 Å². The van der Waals surface area contributed by atoms with Crippen LogP contribution in [0.25, 0.3) is 10.8 Å². The molecule has 0 bridgehead atoms. The molecule has 14 heavy (non-hydrogen) atoms. The highest BCUT2D eigenvalue weighted by atomic mass is 19.1. The number of pyridine rings is 1. The van der Waals surface area contributed by atoms with E-state index in [1.54, 1.807) is 18.5 Å². The Morgan fingerprint density at radius 3 is 3.00 bits per heavy atom. The van der Waals surface area contributed by atoms with Crippen molar-refractivity contribution in [3.05, 3.63) is 36.4 Å². The van der Waals surface area contributed by atoms with E-state index in [9.17, 15) is 4.39 Å². The highest BCUT2D eigenvalue weighted by molar-refractivity contribution is 5.82. The number of hydrogen-bond acceptors (Lipinski definition) is 2. The van der Waals surface area contributed by atoms with E-state index in [1.165, 1.54) is 6.07 Å². The quantitative estimate of drug-likeness (QED) is 0.728. The molecule has 0 amide bonds. The second kappa shape index (κ2) is 3.62. The van der Waals surface area contributed by atoms with Crippen molar-refractivity contribution in [3.8, 4) is 5.75 Å². The van der Waals surface area contributed by atoms with Crippen molar-refractivity contribution in [2.45, 2.75) is 6.92 Å². The maximum atomic E-state index is 13.4. The Morgan fingerprint density at radius 1 is 1.36 bits per heavy atom. The van der Waals surface area contributed by atoms with Gasteiger partial charge in [0.15, 0.2) is 11.6 Å². The average molecular weight is 191 g/mol. The Morgan fingerprint density at radius 2 is 2.21 bits per heavy atom. The highest BCUT2D eigenvalue weighted by Crippen LogP contribution is 2.23. The van der Waals surface area contributed by atoms with Crippen LogP contribution in [0.3, 0.4) is 0 Å². The van der Waals surface area contributed by atoms with Gasteiger partial charge in [-0.25, -0.2) is 4.39 Å². The fourth-order valence-corrected chi connectivity index (χ4v) is 1.35. The molecule has 0 saturated heterocycles. The van der Waals surface area contributed by atoms with Crippen molar-refractivity contribution in [2.75, 3.05) is 6.61 Å². The Labute approximate surface area is 81.3 Å². The Balaban J connectivity index is 2.59. The van der Waals surface area contributed by atoms with Gasteiger partial charge in [-0.1, -0.05) is 0 Å². The van der Waals surface area contributed by atoms with Gasteiger partial charge in [0, 0.05) is 17.8 Å². The summed E-state index contributed by atoms with van der Waals surface area (Å²) in [5.74, 6) is -0.0430. The highest BCUT2D eigenvalue weighted by Gasteiger charge is 2.04. The fraction of sp³-hybridized carbons (Fsp3) is 0.182. The van der Waals surface area contributed by atoms with E-state index in [4.69, 9.17) is 4.74 Å². The van der Waals surface area contributed by atoms with Gasteiger partial charge in [0.25, 0.3) is 0 Å². The maximum absolute atomic E-state index is 13.4. The van der Waals surface area contributed by atoms with Gasteiger partial charge in [-0.05, 0) is 30.5 Å². The summed E-state index contributed by atoms with van der Waals surface area (Å²) in [7, 11) is 0. The van der Waals surface area contributed by atoms with Gasteiger partial charge in [0.2, 0.25) is 0 Å². The summed E-state index contributed by atoms with van der Waals surface area (Å²) >= 11 is 0. The number of benzene rings is 1. The number of ether oxygens (including phenoxy) is 1. The summed E-state index contributed by atoms with van der Waals surface area (Å²) in [5, 5.41) is 1.72. The first-order valence-corrected chi connectivity index (χ1v) is 4.47. The first-order valence-electron chi connectivity index (χ1n) is 4.47. The second-order valence-corrected chi connectivity index (χ2v) is 2.94. The van der Waals surface area contributed by atoms with Crippen molar-refractivity contribution in [2.24, 2.45) is 0 Å². The van der Waals surface area contributed by atoms with Gasteiger partial charge < -0.3 is 4.74 Å². The summed E-state index contributed by atoms with van der Waals surface area (Å²) in [6.45, 7) is 2.30. The molecule has 72 valence electrons. The van der Waals surface area contributed by atoms with E-state index in [0.29, 0.717) is 12.4 Å². The average Bonchev–Trinajstić information content (AvgIpc) is 2.19. The van der Waals surface area contributed by atoms with Crippen LogP contribution in [0.15, 0.2) is 30.6 Å². The standard InChI is InChI=1S/C11H10FNO/c1-2-14-11-6-8-3-4-13-7-9(8)5-10(11)12/h3-7H,2H2,1H3. The molecule has 1 aromatic carbocycles. The monoisotopic (exact) mass is 191 g/mol. The minimum atomic E-state index is -0.340. The molecule has 0 aliphatic carbocycles. The number of hydrogen-bond donors (Lipinski definition) is 0. The van der Waals surface area contributed by atoms with E-state index in [2.05, 4.69) is 4.98 Å². The third-order valence-electron chi connectivity index (χ3n) is 1.99. The molecule has 0 aliphatic heterocycles. The molecule has 0 aliphatic rings. The van der Waals surface area contributed by atoms with Crippen molar-refractivity contribution in [1.82, 2.24) is 4.98 Å². The molecule has 0 atom stereocenters. The molecule has 0 saturated carbocycles. The van der Waals surface area contributed by atoms with Crippen molar-refractivity contribution in [3.63, 3.8) is 0 Å². The lowest BCUT2D eigenvalue weighted by Gasteiger charge is -2.05. The van der Waals surface area contributed by atoms with Crippen LogP contribution >= 0.6 is 0 Å². The van der Waals surface area contributed by atoms with Gasteiger partial charge in [-0.15, -0.1) is 0 Å². The third kappa shape index (κ3) is 1.53. The van der Waals surface area contributed by atoms with Crippen LogP contribution in [0, 0.1) is 5.82 Å². The van der Waals surface area contributed by atoms with Gasteiger partial charge in [0.1, 0.15) is 0 Å². The maximum Gasteiger partial charge on any atom is 0.165 e. The normalized spacial score (nSPS) is 10.4. The molecule has 3 heteroatoms. The Bertz CT molecular complexity index is 456. The summed E-state index contributed by atoms with van der Waals surface area (Å²) in [5.41, 5.74) is 0. The van der Waals surface area contributed by atoms with E-state index in [1.807, 2.05) is 13.0 Å². The minimum Gasteiger partial charge on any atom is -0.491 e. The molecule has 1 aromatic heterocycles. The molecule has 2 nitrogen and oxygen atoms in total. The number of fused-ring (bicyclic) bond motifs is 1. The largest absolute Gasteiger partial charge is 0.491 e. The number of halogens is 1. The minimum absolute atomic E-state index is 0.297. The number of aromatic nitrogens is 1. The predicted molar refractivity (Wildman–Crippen MR) is 52.9 cm³/mol. The SMILES string of the molecule is CCOc1cc2ccncc2cc1F. The second-order valence-electron chi connectivity index (χ2n) is 2.94. The topological polar surface area (TPSA) is 22.1 Å². The lowest BCUT2D eigenvalue weighted by Crippen LogP contribution is -1.94. The molecule has 0 radical (unpaired) electrons. The zero-order chi connectivity index (χ0) is 9.97. The first kappa shape index (κ1) is 8.94. The third-order valence-corrected chi connectivity index (χ3v) is 1.99. The Hall–Kier alpha value is -1.64. The van der Waals surface area contributed by atoms with Crippen LogP contribution < -0.4 is 4.74 Å². The number of nitrogens with zero attached hydrogens (tertiary/aromatic N) is 1. The summed E-state index contributed by atoms with van der Waals surface area (Å²) in [6.07, 6.45) is 3.31. The smallest absolute Gasteiger partial charge is 0.165 e. The van der Waals surface area contributed by atoms with Gasteiger partial charge in [-0.2, -0.15) is 0 Å². The zero-order valence-electron chi connectivity index (χ0n) is 7.83. The predicted octanol–water partition coefficient (Wildman–Crippen LogP) is 2.77. The summed E-state index contributed by atoms with van der Waals surface area (Å²) < 4.78 is 18.5. The van der Waals surface area contributed by atoms with E-state index in [-0.39, 0.29) is 5.82 Å².